The largest absolute Gasteiger partial charge is 0.496 e. The molecule has 6 nitrogen and oxygen atoms in total. The van der Waals surface area contributed by atoms with Gasteiger partial charge in [0.15, 0.2) is 0 Å². The Morgan fingerprint density at radius 1 is 1.21 bits per heavy atom. The normalized spacial score (nSPS) is 12.2. The highest BCUT2D eigenvalue weighted by atomic mass is 35.5. The number of carboxylic acids is 1. The van der Waals surface area contributed by atoms with Crippen LogP contribution in [0.1, 0.15) is 37.8 Å². The van der Waals surface area contributed by atoms with E-state index in [-0.39, 0.29) is 18.7 Å². The zero-order valence-corrected chi connectivity index (χ0v) is 16.6. The third-order valence-corrected chi connectivity index (χ3v) is 5.07. The summed E-state index contributed by atoms with van der Waals surface area (Å²) >= 11 is 6.14. The van der Waals surface area contributed by atoms with E-state index in [2.05, 4.69) is 0 Å². The summed E-state index contributed by atoms with van der Waals surface area (Å²) in [5, 5.41) is 9.88. The van der Waals surface area contributed by atoms with Crippen molar-refractivity contribution in [3.05, 3.63) is 63.5 Å². The molecular weight excluding hydrogens is 380 g/mol. The Hall–Kier alpha value is -2.73. The number of hydrogen-bond donors (Lipinski definition) is 1. The molecule has 2 aromatic carbocycles. The standard InChI is InChI=1S/C21H23ClN2O4/c1-3-6-16(12-20(25)26)24-18-8-5-4-7-17(18)23(21(24)27)13-14-11-15(22)9-10-19(14)28-2/h4-5,7-11,16H,3,6,12-13H2,1-2H3,(H,25,26). The van der Waals surface area contributed by atoms with E-state index in [0.29, 0.717) is 17.2 Å². The van der Waals surface area contributed by atoms with Gasteiger partial charge in [-0.05, 0) is 36.8 Å². The number of methoxy groups -OCH3 is 1. The molecular formula is C21H23ClN2O4. The lowest BCUT2D eigenvalue weighted by molar-refractivity contribution is -0.137. The molecule has 3 rings (SSSR count). The molecule has 0 radical (unpaired) electrons. The highest BCUT2D eigenvalue weighted by Gasteiger charge is 2.22. The summed E-state index contributed by atoms with van der Waals surface area (Å²) in [7, 11) is 1.57. The van der Waals surface area contributed by atoms with Gasteiger partial charge in [0, 0.05) is 16.6 Å². The fraction of sp³-hybridized carbons (Fsp3) is 0.333. The van der Waals surface area contributed by atoms with Crippen molar-refractivity contribution in [2.75, 3.05) is 7.11 Å². The van der Waals surface area contributed by atoms with E-state index in [1.54, 1.807) is 34.4 Å². The number of benzene rings is 2. The Labute approximate surface area is 167 Å². The SMILES string of the molecule is CCCC(CC(=O)O)n1c(=O)n(Cc2cc(Cl)ccc2OC)c2ccccc21. The average Bonchev–Trinajstić information content (AvgIpc) is 2.93. The van der Waals surface area contributed by atoms with Crippen molar-refractivity contribution >= 4 is 28.6 Å². The summed E-state index contributed by atoms with van der Waals surface area (Å²) < 4.78 is 8.67. The predicted octanol–water partition coefficient (Wildman–Crippen LogP) is 4.33. The molecule has 0 saturated heterocycles. The number of para-hydroxylation sites is 2. The van der Waals surface area contributed by atoms with Crippen molar-refractivity contribution in [3.8, 4) is 5.75 Å². The van der Waals surface area contributed by atoms with Crippen LogP contribution in [0.2, 0.25) is 5.02 Å². The van der Waals surface area contributed by atoms with Gasteiger partial charge in [-0.25, -0.2) is 4.79 Å². The Bertz CT molecular complexity index is 1050. The molecule has 0 aliphatic rings. The minimum atomic E-state index is -0.918. The van der Waals surface area contributed by atoms with Crippen LogP contribution in [0.25, 0.3) is 11.0 Å². The second-order valence-electron chi connectivity index (χ2n) is 6.72. The number of imidazole rings is 1. The summed E-state index contributed by atoms with van der Waals surface area (Å²) in [5.74, 6) is -0.275. The van der Waals surface area contributed by atoms with E-state index in [4.69, 9.17) is 16.3 Å². The molecule has 0 saturated carbocycles. The highest BCUT2D eigenvalue weighted by Crippen LogP contribution is 2.27. The summed E-state index contributed by atoms with van der Waals surface area (Å²) in [5.41, 5.74) is 2.03. The first-order chi connectivity index (χ1) is 13.5. The van der Waals surface area contributed by atoms with Crippen molar-refractivity contribution in [2.45, 2.75) is 38.8 Å². The number of aliphatic carboxylic acids is 1. The van der Waals surface area contributed by atoms with Crippen LogP contribution in [0.4, 0.5) is 0 Å². The van der Waals surface area contributed by atoms with Gasteiger partial charge in [0.05, 0.1) is 31.1 Å². The number of carbonyl (C=O) groups is 1. The number of rotatable bonds is 8. The van der Waals surface area contributed by atoms with E-state index in [1.807, 2.05) is 31.2 Å². The van der Waals surface area contributed by atoms with E-state index in [9.17, 15) is 14.7 Å². The van der Waals surface area contributed by atoms with Crippen LogP contribution in [-0.4, -0.2) is 27.3 Å². The van der Waals surface area contributed by atoms with Crippen LogP contribution >= 0.6 is 11.6 Å². The number of aromatic nitrogens is 2. The quantitative estimate of drug-likeness (QED) is 0.608. The second kappa shape index (κ2) is 8.52. The maximum Gasteiger partial charge on any atom is 0.329 e. The van der Waals surface area contributed by atoms with Crippen molar-refractivity contribution in [1.29, 1.82) is 0 Å². The number of ether oxygens (including phenoxy) is 1. The van der Waals surface area contributed by atoms with Gasteiger partial charge < -0.3 is 9.84 Å². The zero-order valence-electron chi connectivity index (χ0n) is 15.9. The summed E-state index contributed by atoms with van der Waals surface area (Å²) in [6.07, 6.45) is 1.30. The van der Waals surface area contributed by atoms with Crippen LogP contribution in [0.5, 0.6) is 5.75 Å². The summed E-state index contributed by atoms with van der Waals surface area (Å²) in [4.78, 5) is 24.7. The number of halogens is 1. The molecule has 0 aliphatic carbocycles. The van der Waals surface area contributed by atoms with Crippen LogP contribution in [0.3, 0.4) is 0 Å². The van der Waals surface area contributed by atoms with Gasteiger partial charge in [0.1, 0.15) is 5.75 Å². The minimum absolute atomic E-state index is 0.0950. The monoisotopic (exact) mass is 402 g/mol. The lowest BCUT2D eigenvalue weighted by Gasteiger charge is -2.16. The highest BCUT2D eigenvalue weighted by molar-refractivity contribution is 6.30. The molecule has 7 heteroatoms. The first-order valence-corrected chi connectivity index (χ1v) is 9.58. The molecule has 1 atom stereocenters. The van der Waals surface area contributed by atoms with Crippen molar-refractivity contribution < 1.29 is 14.6 Å². The van der Waals surface area contributed by atoms with Gasteiger partial charge in [-0.2, -0.15) is 0 Å². The van der Waals surface area contributed by atoms with E-state index in [0.717, 1.165) is 23.0 Å². The predicted molar refractivity (Wildman–Crippen MR) is 110 cm³/mol. The van der Waals surface area contributed by atoms with Crippen molar-refractivity contribution in [3.63, 3.8) is 0 Å². The average molecular weight is 403 g/mol. The molecule has 1 unspecified atom stereocenters. The fourth-order valence-corrected chi connectivity index (χ4v) is 3.83. The topological polar surface area (TPSA) is 73.5 Å². The van der Waals surface area contributed by atoms with E-state index in [1.165, 1.54) is 0 Å². The number of hydrogen-bond acceptors (Lipinski definition) is 3. The Morgan fingerprint density at radius 3 is 2.57 bits per heavy atom. The first-order valence-electron chi connectivity index (χ1n) is 9.20. The van der Waals surface area contributed by atoms with Gasteiger partial charge in [-0.3, -0.25) is 13.9 Å². The van der Waals surface area contributed by atoms with E-state index < -0.39 is 12.0 Å². The second-order valence-corrected chi connectivity index (χ2v) is 7.16. The van der Waals surface area contributed by atoms with Gasteiger partial charge in [0.25, 0.3) is 0 Å². The minimum Gasteiger partial charge on any atom is -0.496 e. The molecule has 148 valence electrons. The lowest BCUT2D eigenvalue weighted by atomic mass is 10.1. The van der Waals surface area contributed by atoms with Gasteiger partial charge in [-0.15, -0.1) is 0 Å². The molecule has 0 fully saturated rings. The molecule has 0 amide bonds. The maximum absolute atomic E-state index is 13.3. The molecule has 28 heavy (non-hydrogen) atoms. The van der Waals surface area contributed by atoms with Crippen molar-refractivity contribution in [1.82, 2.24) is 9.13 Å². The molecule has 3 aromatic rings. The number of carboxylic acid groups (broad SMARTS) is 1. The summed E-state index contributed by atoms with van der Waals surface area (Å²) in [6.45, 7) is 2.26. The Kier molecular flexibility index (Phi) is 6.09. The summed E-state index contributed by atoms with van der Waals surface area (Å²) in [6, 6.07) is 12.3. The van der Waals surface area contributed by atoms with Crippen molar-refractivity contribution in [2.24, 2.45) is 0 Å². The Balaban J connectivity index is 2.17. The fourth-order valence-electron chi connectivity index (χ4n) is 3.64. The molecule has 1 heterocycles. The maximum atomic E-state index is 13.3. The van der Waals surface area contributed by atoms with Gasteiger partial charge in [-0.1, -0.05) is 37.1 Å². The third-order valence-electron chi connectivity index (χ3n) is 4.84. The van der Waals surface area contributed by atoms with Crippen LogP contribution in [0, 0.1) is 0 Å². The molecule has 1 N–H and O–H groups in total. The first kappa shape index (κ1) is 20.0. The van der Waals surface area contributed by atoms with Crippen LogP contribution in [-0.2, 0) is 11.3 Å². The van der Waals surface area contributed by atoms with Gasteiger partial charge in [0.2, 0.25) is 0 Å². The molecule has 0 spiro atoms. The smallest absolute Gasteiger partial charge is 0.329 e. The zero-order chi connectivity index (χ0) is 20.3. The van der Waals surface area contributed by atoms with Crippen LogP contribution in [0.15, 0.2) is 47.3 Å². The molecule has 1 aromatic heterocycles. The lowest BCUT2D eigenvalue weighted by Crippen LogP contribution is -2.29. The molecule has 0 aliphatic heterocycles. The van der Waals surface area contributed by atoms with Crippen LogP contribution < -0.4 is 10.4 Å². The number of fused-ring (bicyclic) bond motifs is 1. The third kappa shape index (κ3) is 3.92. The van der Waals surface area contributed by atoms with E-state index >= 15 is 0 Å². The number of nitrogens with zero attached hydrogens (tertiary/aromatic N) is 2. The molecule has 0 bridgehead atoms. The van der Waals surface area contributed by atoms with Gasteiger partial charge >= 0.3 is 11.7 Å². The Morgan fingerprint density at radius 2 is 1.93 bits per heavy atom.